The molecule has 0 atom stereocenters. The maximum atomic E-state index is 12.8. The van der Waals surface area contributed by atoms with Crippen LogP contribution in [0.2, 0.25) is 0 Å². The van der Waals surface area contributed by atoms with Crippen molar-refractivity contribution in [1.82, 2.24) is 10.2 Å². The summed E-state index contributed by atoms with van der Waals surface area (Å²) < 4.78 is 39.4. The molecular formula is C26H29N3O5S. The molecule has 0 bridgehead atoms. The van der Waals surface area contributed by atoms with Crippen LogP contribution in [0.3, 0.4) is 0 Å². The summed E-state index contributed by atoms with van der Waals surface area (Å²) in [6.07, 6.45) is 0.735. The molecule has 0 unspecified atom stereocenters. The van der Waals surface area contributed by atoms with Crippen LogP contribution in [0.4, 0.5) is 5.69 Å². The number of anilines is 1. The third-order valence-corrected chi connectivity index (χ3v) is 6.88. The van der Waals surface area contributed by atoms with Crippen molar-refractivity contribution >= 4 is 21.6 Å². The predicted octanol–water partition coefficient (Wildman–Crippen LogP) is 3.51. The SMILES string of the molecule is CN(CCNC(=O)c1ccc(NS(=O)(=O)c2ccc3c(c2)OCCCO3)cc1)Cc1ccccc1. The first kappa shape index (κ1) is 24.6. The molecule has 2 N–H and O–H groups in total. The third-order valence-electron chi connectivity index (χ3n) is 5.50. The maximum absolute atomic E-state index is 12.8. The first-order valence-electron chi connectivity index (χ1n) is 11.4. The van der Waals surface area contributed by atoms with E-state index in [0.29, 0.717) is 49.1 Å². The minimum Gasteiger partial charge on any atom is -0.490 e. The lowest BCUT2D eigenvalue weighted by Gasteiger charge is -2.17. The molecule has 1 aliphatic rings. The number of sulfonamides is 1. The Morgan fingerprint density at radius 2 is 1.66 bits per heavy atom. The number of likely N-dealkylation sites (N-methyl/N-ethyl adjacent to an activating group) is 1. The van der Waals surface area contributed by atoms with Gasteiger partial charge in [-0.3, -0.25) is 9.52 Å². The fraction of sp³-hybridized carbons (Fsp3) is 0.269. The number of carbonyl (C=O) groups is 1. The topological polar surface area (TPSA) is 97.0 Å². The van der Waals surface area contributed by atoms with E-state index in [4.69, 9.17) is 9.47 Å². The van der Waals surface area contributed by atoms with Gasteiger partial charge in [0.05, 0.1) is 18.1 Å². The molecule has 4 rings (SSSR count). The van der Waals surface area contributed by atoms with Gasteiger partial charge in [0.25, 0.3) is 15.9 Å². The number of nitrogens with zero attached hydrogens (tertiary/aromatic N) is 1. The molecule has 0 saturated heterocycles. The number of fused-ring (bicyclic) bond motifs is 1. The lowest BCUT2D eigenvalue weighted by molar-refractivity contribution is 0.0949. The van der Waals surface area contributed by atoms with Crippen LogP contribution in [-0.4, -0.2) is 52.6 Å². The number of ether oxygens (including phenoxy) is 2. The van der Waals surface area contributed by atoms with Crippen LogP contribution < -0.4 is 19.5 Å². The highest BCUT2D eigenvalue weighted by Gasteiger charge is 2.19. The number of hydrogen-bond acceptors (Lipinski definition) is 6. The van der Waals surface area contributed by atoms with E-state index in [0.717, 1.165) is 13.0 Å². The summed E-state index contributed by atoms with van der Waals surface area (Å²) in [7, 11) is -1.83. The highest BCUT2D eigenvalue weighted by molar-refractivity contribution is 7.92. The smallest absolute Gasteiger partial charge is 0.262 e. The number of nitrogens with one attached hydrogen (secondary N) is 2. The number of rotatable bonds is 9. The minimum atomic E-state index is -3.83. The summed E-state index contributed by atoms with van der Waals surface area (Å²) in [6, 6.07) is 21.0. The lowest BCUT2D eigenvalue weighted by Crippen LogP contribution is -2.32. The van der Waals surface area contributed by atoms with Gasteiger partial charge in [0.1, 0.15) is 0 Å². The zero-order chi connectivity index (χ0) is 24.7. The second kappa shape index (κ2) is 11.2. The van der Waals surface area contributed by atoms with Crippen LogP contribution >= 0.6 is 0 Å². The highest BCUT2D eigenvalue weighted by atomic mass is 32.2. The van der Waals surface area contributed by atoms with Crippen LogP contribution in [0.25, 0.3) is 0 Å². The molecule has 0 saturated carbocycles. The van der Waals surface area contributed by atoms with Crippen molar-refractivity contribution in [3.63, 3.8) is 0 Å². The van der Waals surface area contributed by atoms with Crippen LogP contribution in [0.5, 0.6) is 11.5 Å². The van der Waals surface area contributed by atoms with E-state index >= 15 is 0 Å². The normalized spacial score (nSPS) is 13.2. The second-order valence-electron chi connectivity index (χ2n) is 8.32. The summed E-state index contributed by atoms with van der Waals surface area (Å²) in [5.74, 6) is 0.727. The summed E-state index contributed by atoms with van der Waals surface area (Å²) in [4.78, 5) is 14.7. The number of benzene rings is 3. The van der Waals surface area contributed by atoms with E-state index in [9.17, 15) is 13.2 Å². The highest BCUT2D eigenvalue weighted by Crippen LogP contribution is 2.32. The largest absolute Gasteiger partial charge is 0.490 e. The van der Waals surface area contributed by atoms with E-state index in [1.165, 1.54) is 17.7 Å². The van der Waals surface area contributed by atoms with E-state index in [-0.39, 0.29) is 10.8 Å². The van der Waals surface area contributed by atoms with Crippen molar-refractivity contribution in [2.24, 2.45) is 0 Å². The van der Waals surface area contributed by atoms with Gasteiger partial charge in [0.15, 0.2) is 11.5 Å². The number of hydrogen-bond donors (Lipinski definition) is 2. The number of carbonyl (C=O) groups excluding carboxylic acids is 1. The maximum Gasteiger partial charge on any atom is 0.262 e. The van der Waals surface area contributed by atoms with Crippen LogP contribution in [0.15, 0.2) is 77.7 Å². The summed E-state index contributed by atoms with van der Waals surface area (Å²) in [5, 5.41) is 2.90. The van der Waals surface area contributed by atoms with Gasteiger partial charge in [-0.15, -0.1) is 0 Å². The van der Waals surface area contributed by atoms with Crippen molar-refractivity contribution in [3.05, 3.63) is 83.9 Å². The molecule has 3 aromatic rings. The molecule has 1 aliphatic heterocycles. The Bertz CT molecular complexity index is 1250. The second-order valence-corrected chi connectivity index (χ2v) is 10.0. The van der Waals surface area contributed by atoms with Crippen LogP contribution in [0, 0.1) is 0 Å². The summed E-state index contributed by atoms with van der Waals surface area (Å²) in [5.41, 5.74) is 2.02. The van der Waals surface area contributed by atoms with Crippen molar-refractivity contribution in [3.8, 4) is 11.5 Å². The molecule has 0 aromatic heterocycles. The Morgan fingerprint density at radius 1 is 0.943 bits per heavy atom. The molecule has 0 spiro atoms. The van der Waals surface area contributed by atoms with Gasteiger partial charge in [-0.05, 0) is 49.0 Å². The van der Waals surface area contributed by atoms with E-state index in [1.54, 1.807) is 30.3 Å². The van der Waals surface area contributed by atoms with Gasteiger partial charge in [0, 0.05) is 43.4 Å². The lowest BCUT2D eigenvalue weighted by atomic mass is 10.2. The molecule has 0 aliphatic carbocycles. The average Bonchev–Trinajstić information content (AvgIpc) is 3.10. The summed E-state index contributed by atoms with van der Waals surface area (Å²) >= 11 is 0. The van der Waals surface area contributed by atoms with Crippen molar-refractivity contribution in [1.29, 1.82) is 0 Å². The van der Waals surface area contributed by atoms with Crippen molar-refractivity contribution in [2.75, 3.05) is 38.1 Å². The Labute approximate surface area is 205 Å². The van der Waals surface area contributed by atoms with Gasteiger partial charge >= 0.3 is 0 Å². The van der Waals surface area contributed by atoms with Crippen molar-refractivity contribution in [2.45, 2.75) is 17.9 Å². The molecule has 9 heteroatoms. The first-order chi connectivity index (χ1) is 16.9. The zero-order valence-electron chi connectivity index (χ0n) is 19.6. The third kappa shape index (κ3) is 6.74. The molecule has 184 valence electrons. The Morgan fingerprint density at radius 3 is 2.40 bits per heavy atom. The minimum absolute atomic E-state index is 0.0724. The molecule has 0 fully saturated rings. The molecule has 8 nitrogen and oxygen atoms in total. The van der Waals surface area contributed by atoms with Crippen LogP contribution in [-0.2, 0) is 16.6 Å². The molecule has 1 heterocycles. The van der Waals surface area contributed by atoms with E-state index < -0.39 is 10.0 Å². The van der Waals surface area contributed by atoms with Gasteiger partial charge in [0.2, 0.25) is 0 Å². The first-order valence-corrected chi connectivity index (χ1v) is 12.9. The Kier molecular flexibility index (Phi) is 7.89. The molecule has 1 amide bonds. The predicted molar refractivity (Wildman–Crippen MR) is 134 cm³/mol. The summed E-state index contributed by atoms with van der Waals surface area (Å²) in [6.45, 7) is 3.00. The average molecular weight is 496 g/mol. The van der Waals surface area contributed by atoms with Gasteiger partial charge in [-0.2, -0.15) is 0 Å². The standard InChI is InChI=1S/C26H29N3O5S/c1-29(19-20-6-3-2-4-7-20)15-14-27-26(30)21-8-10-22(11-9-21)28-35(31,32)23-12-13-24-25(18-23)34-17-5-16-33-24/h2-4,6-13,18,28H,5,14-17,19H2,1H3,(H,27,30). The van der Waals surface area contributed by atoms with E-state index in [1.807, 2.05) is 25.2 Å². The van der Waals surface area contributed by atoms with Gasteiger partial charge in [-0.1, -0.05) is 30.3 Å². The van der Waals surface area contributed by atoms with Gasteiger partial charge in [-0.25, -0.2) is 8.42 Å². The van der Waals surface area contributed by atoms with Gasteiger partial charge < -0.3 is 19.7 Å². The zero-order valence-corrected chi connectivity index (χ0v) is 20.4. The van der Waals surface area contributed by atoms with Crippen LogP contribution in [0.1, 0.15) is 22.3 Å². The fourth-order valence-corrected chi connectivity index (χ4v) is 4.72. The molecule has 35 heavy (non-hydrogen) atoms. The monoisotopic (exact) mass is 495 g/mol. The fourth-order valence-electron chi connectivity index (χ4n) is 3.65. The molecular weight excluding hydrogens is 466 g/mol. The Balaban J connectivity index is 1.30. The van der Waals surface area contributed by atoms with Crippen molar-refractivity contribution < 1.29 is 22.7 Å². The molecule has 0 radical (unpaired) electrons. The Hall–Kier alpha value is -3.56. The quantitative estimate of drug-likeness (QED) is 0.472. The number of amides is 1. The van der Waals surface area contributed by atoms with E-state index in [2.05, 4.69) is 27.1 Å². The molecule has 3 aromatic carbocycles.